The Morgan fingerprint density at radius 2 is 1.71 bits per heavy atom. The van der Waals surface area contributed by atoms with Crippen LogP contribution in [0.1, 0.15) is 6.42 Å². The van der Waals surface area contributed by atoms with E-state index < -0.39 is 6.16 Å². The molecule has 0 heterocycles. The molecule has 0 aliphatic rings. The number of rotatable bonds is 3. The van der Waals surface area contributed by atoms with Gasteiger partial charge in [0.05, 0.1) is 0 Å². The minimum absolute atomic E-state index is 0.0366. The third-order valence-corrected chi connectivity index (χ3v) is 1.15. The van der Waals surface area contributed by atoms with Gasteiger partial charge in [0, 0.05) is 19.7 Å². The number of hydrogen-bond acceptors (Lipinski definition) is 3. The van der Waals surface area contributed by atoms with Crippen molar-refractivity contribution in [3.8, 4) is 0 Å². The average Bonchev–Trinajstić information content (AvgIpc) is 2.02. The molecule has 0 aromatic rings. The number of carbonyl (C=O) groups is 2. The largest absolute Gasteiger partial charge is 0.503 e. The Labute approximate surface area is 82.6 Å². The summed E-state index contributed by atoms with van der Waals surface area (Å²) in [7, 11) is 3.40. The molecule has 6 heteroatoms. The highest BCUT2D eigenvalue weighted by Gasteiger charge is 2.06. The van der Waals surface area contributed by atoms with Gasteiger partial charge in [-0.1, -0.05) is 6.58 Å². The summed E-state index contributed by atoms with van der Waals surface area (Å²) in [5, 5.41) is 13.9. The summed E-state index contributed by atoms with van der Waals surface area (Å²) in [5.41, 5.74) is 5.81. The van der Waals surface area contributed by atoms with Gasteiger partial charge in [-0.3, -0.25) is 4.79 Å². The van der Waals surface area contributed by atoms with Crippen LogP contribution in [-0.4, -0.2) is 47.8 Å². The zero-order valence-corrected chi connectivity index (χ0v) is 8.36. The van der Waals surface area contributed by atoms with Crippen molar-refractivity contribution in [1.82, 2.24) is 4.90 Å². The zero-order chi connectivity index (χ0) is 11.7. The number of carbonyl (C=O) groups excluding carboxylic acids is 1. The molecule has 0 aromatic carbocycles. The number of nitrogens with zero attached hydrogens (tertiary/aromatic N) is 1. The Morgan fingerprint density at radius 3 is 1.93 bits per heavy atom. The molecule has 0 radical (unpaired) electrons. The lowest BCUT2D eigenvalue weighted by molar-refractivity contribution is -0.124. The van der Waals surface area contributed by atoms with Crippen LogP contribution < -0.4 is 5.73 Å². The Balaban J connectivity index is 0. The normalized spacial score (nSPS) is 8.21. The summed E-state index contributed by atoms with van der Waals surface area (Å²) < 4.78 is 0. The molecule has 0 saturated carbocycles. The quantitative estimate of drug-likeness (QED) is 0.570. The number of carboxylic acid groups (broad SMARTS) is 2. The molecule has 0 atom stereocenters. The predicted molar refractivity (Wildman–Crippen MR) is 52.2 cm³/mol. The van der Waals surface area contributed by atoms with Gasteiger partial charge in [-0.15, -0.1) is 0 Å². The van der Waals surface area contributed by atoms with E-state index in [-0.39, 0.29) is 5.91 Å². The van der Waals surface area contributed by atoms with Gasteiger partial charge in [0.25, 0.3) is 0 Å². The highest BCUT2D eigenvalue weighted by molar-refractivity contribution is 5.92. The lowest BCUT2D eigenvalue weighted by Gasteiger charge is -2.10. The van der Waals surface area contributed by atoms with Gasteiger partial charge in [-0.2, -0.15) is 0 Å². The second kappa shape index (κ2) is 8.06. The smallest absolute Gasteiger partial charge is 0.450 e. The van der Waals surface area contributed by atoms with Crippen molar-refractivity contribution < 1.29 is 19.8 Å². The molecule has 1 amide bonds. The van der Waals surface area contributed by atoms with Gasteiger partial charge in [0.1, 0.15) is 0 Å². The molecular weight excluding hydrogens is 188 g/mol. The molecule has 0 unspecified atom stereocenters. The molecule has 14 heavy (non-hydrogen) atoms. The maximum atomic E-state index is 11.0. The van der Waals surface area contributed by atoms with Crippen LogP contribution in [0.2, 0.25) is 0 Å². The van der Waals surface area contributed by atoms with Crippen molar-refractivity contribution in [1.29, 1.82) is 0 Å². The fourth-order valence-corrected chi connectivity index (χ4v) is 0.597. The Bertz CT molecular complexity index is 209. The van der Waals surface area contributed by atoms with Crippen molar-refractivity contribution in [2.45, 2.75) is 6.42 Å². The molecule has 0 aliphatic carbocycles. The summed E-state index contributed by atoms with van der Waals surface area (Å²) in [6, 6.07) is 0. The zero-order valence-electron chi connectivity index (χ0n) is 8.36. The molecular formula is C8H16N2O4. The first-order chi connectivity index (χ1) is 6.32. The lowest BCUT2D eigenvalue weighted by atomic mass is 10.2. The van der Waals surface area contributed by atoms with Crippen LogP contribution in [0, 0.1) is 0 Å². The summed E-state index contributed by atoms with van der Waals surface area (Å²) in [6.07, 6.45) is -1.25. The van der Waals surface area contributed by atoms with Crippen molar-refractivity contribution in [3.05, 3.63) is 12.2 Å². The molecule has 82 valence electrons. The molecule has 0 spiro atoms. The van der Waals surface area contributed by atoms with Crippen molar-refractivity contribution in [2.75, 3.05) is 20.6 Å². The van der Waals surface area contributed by atoms with Gasteiger partial charge in [-0.05, 0) is 13.0 Å². The summed E-state index contributed by atoms with van der Waals surface area (Å²) >= 11 is 0. The number of likely N-dealkylation sites (N-methyl/N-ethyl adjacent to an activating group) is 1. The van der Waals surface area contributed by atoms with Crippen LogP contribution in [0.4, 0.5) is 4.79 Å². The number of nitrogens with two attached hydrogens (primary N) is 1. The van der Waals surface area contributed by atoms with Crippen LogP contribution in [0.15, 0.2) is 12.2 Å². The van der Waals surface area contributed by atoms with Crippen molar-refractivity contribution >= 4 is 12.1 Å². The first-order valence-electron chi connectivity index (χ1n) is 3.84. The molecule has 0 bridgehead atoms. The molecule has 0 aromatic heterocycles. The molecule has 6 nitrogen and oxygen atoms in total. The lowest BCUT2D eigenvalue weighted by Crippen LogP contribution is -2.24. The number of hydrogen-bond donors (Lipinski definition) is 3. The topological polar surface area (TPSA) is 104 Å². The fourth-order valence-electron chi connectivity index (χ4n) is 0.597. The van der Waals surface area contributed by atoms with Gasteiger partial charge in [-0.25, -0.2) is 4.79 Å². The highest BCUT2D eigenvalue weighted by Crippen LogP contribution is 1.98. The molecule has 0 saturated heterocycles. The van der Waals surface area contributed by atoms with E-state index in [9.17, 15) is 4.79 Å². The second-order valence-corrected chi connectivity index (χ2v) is 2.62. The predicted octanol–water partition coefficient (Wildman–Crippen LogP) is 0.202. The van der Waals surface area contributed by atoms with Crippen molar-refractivity contribution in [3.63, 3.8) is 0 Å². The Morgan fingerprint density at radius 1 is 1.36 bits per heavy atom. The van der Waals surface area contributed by atoms with Crippen LogP contribution in [0.5, 0.6) is 0 Å². The molecule has 0 rings (SSSR count). The summed E-state index contributed by atoms with van der Waals surface area (Å²) in [6.45, 7) is 4.08. The Kier molecular flexibility index (Phi) is 8.60. The van der Waals surface area contributed by atoms with Crippen LogP contribution in [-0.2, 0) is 4.79 Å². The Hall–Kier alpha value is -1.56. The van der Waals surface area contributed by atoms with Crippen LogP contribution in [0.3, 0.4) is 0 Å². The van der Waals surface area contributed by atoms with E-state index in [1.165, 1.54) is 4.90 Å². The minimum Gasteiger partial charge on any atom is -0.450 e. The first-order valence-corrected chi connectivity index (χ1v) is 3.84. The van der Waals surface area contributed by atoms with Gasteiger partial charge >= 0.3 is 6.16 Å². The maximum Gasteiger partial charge on any atom is 0.503 e. The molecule has 0 aliphatic heterocycles. The van der Waals surface area contributed by atoms with E-state index in [4.69, 9.17) is 20.7 Å². The first kappa shape index (κ1) is 14.9. The van der Waals surface area contributed by atoms with E-state index in [2.05, 4.69) is 6.58 Å². The third kappa shape index (κ3) is 10.4. The summed E-state index contributed by atoms with van der Waals surface area (Å²) in [5.74, 6) is -0.0366. The van der Waals surface area contributed by atoms with E-state index in [1.54, 1.807) is 14.1 Å². The van der Waals surface area contributed by atoms with Crippen LogP contribution in [0.25, 0.3) is 0 Å². The maximum absolute atomic E-state index is 11.0. The monoisotopic (exact) mass is 204 g/mol. The van der Waals surface area contributed by atoms with E-state index in [0.717, 1.165) is 0 Å². The van der Waals surface area contributed by atoms with Crippen LogP contribution >= 0.6 is 0 Å². The van der Waals surface area contributed by atoms with E-state index in [1.807, 2.05) is 0 Å². The van der Waals surface area contributed by atoms with Crippen molar-refractivity contribution in [2.24, 2.45) is 5.73 Å². The standard InChI is InChI=1S/C7H14N2O.CH2O3/c1-6(4-5-8)7(10)9(2)3;2-1(3)4/h1,4-5,8H2,2-3H3;(H2,2,3,4). The van der Waals surface area contributed by atoms with Gasteiger partial charge in [0.2, 0.25) is 5.91 Å². The minimum atomic E-state index is -1.83. The second-order valence-electron chi connectivity index (χ2n) is 2.62. The third-order valence-electron chi connectivity index (χ3n) is 1.15. The van der Waals surface area contributed by atoms with Gasteiger partial charge < -0.3 is 20.8 Å². The van der Waals surface area contributed by atoms with Gasteiger partial charge in [0.15, 0.2) is 0 Å². The average molecular weight is 204 g/mol. The summed E-state index contributed by atoms with van der Waals surface area (Å²) in [4.78, 5) is 21.1. The number of amides is 1. The van der Waals surface area contributed by atoms with E-state index >= 15 is 0 Å². The highest BCUT2D eigenvalue weighted by atomic mass is 16.6. The molecule has 4 N–H and O–H groups in total. The molecule has 0 fully saturated rings. The van der Waals surface area contributed by atoms with E-state index in [0.29, 0.717) is 18.5 Å². The SMILES string of the molecule is C=C(CCN)C(=O)N(C)C.O=C(O)O. The fraction of sp³-hybridized carbons (Fsp3) is 0.500.